The van der Waals surface area contributed by atoms with Crippen molar-refractivity contribution in [3.8, 4) is 22.9 Å². The fourth-order valence-corrected chi connectivity index (χ4v) is 3.58. The number of methoxy groups -OCH3 is 1. The monoisotopic (exact) mass is 393 g/mol. The molecule has 0 spiro atoms. The number of ether oxygens (including phenoxy) is 1. The smallest absolute Gasteiger partial charge is 0.247 e. The molecule has 0 bridgehead atoms. The van der Waals surface area contributed by atoms with Gasteiger partial charge in [0.25, 0.3) is 0 Å². The fourth-order valence-electron chi connectivity index (χ4n) is 2.72. The molecule has 4 aromatic rings. The summed E-state index contributed by atoms with van der Waals surface area (Å²) >= 11 is 1.49. The van der Waals surface area contributed by atoms with Crippen molar-refractivity contribution in [2.75, 3.05) is 7.11 Å². The lowest BCUT2D eigenvalue weighted by molar-refractivity contribution is 0.412. The van der Waals surface area contributed by atoms with E-state index in [-0.39, 0.29) is 5.25 Å². The molecule has 2 aromatic heterocycles. The average molecular weight is 393 g/mol. The van der Waals surface area contributed by atoms with Gasteiger partial charge in [0.2, 0.25) is 11.8 Å². The highest BCUT2D eigenvalue weighted by atomic mass is 32.2. The van der Waals surface area contributed by atoms with Crippen LogP contribution in [0, 0.1) is 6.92 Å². The molecular formula is C20H19N5O2S. The van der Waals surface area contributed by atoms with Crippen LogP contribution < -0.4 is 4.74 Å². The van der Waals surface area contributed by atoms with Crippen molar-refractivity contribution >= 4 is 11.8 Å². The number of nitrogens with zero attached hydrogens (tertiary/aromatic N) is 5. The van der Waals surface area contributed by atoms with Crippen molar-refractivity contribution in [3.63, 3.8) is 0 Å². The van der Waals surface area contributed by atoms with Gasteiger partial charge in [0, 0.05) is 5.56 Å². The van der Waals surface area contributed by atoms with Crippen molar-refractivity contribution in [2.24, 2.45) is 0 Å². The molecule has 7 nitrogen and oxygen atoms in total. The predicted molar refractivity (Wildman–Crippen MR) is 107 cm³/mol. The largest absolute Gasteiger partial charge is 0.495 e. The zero-order valence-corrected chi connectivity index (χ0v) is 16.6. The Labute approximate surface area is 166 Å². The lowest BCUT2D eigenvalue weighted by Gasteiger charge is -2.11. The third-order valence-corrected chi connectivity index (χ3v) is 5.27. The number of thioether (sulfide) groups is 1. The second kappa shape index (κ2) is 7.85. The Morgan fingerprint density at radius 1 is 1.04 bits per heavy atom. The lowest BCUT2D eigenvalue weighted by atomic mass is 10.1. The summed E-state index contributed by atoms with van der Waals surface area (Å²) in [7, 11) is 1.64. The zero-order valence-electron chi connectivity index (χ0n) is 15.7. The Hall–Kier alpha value is -3.13. The van der Waals surface area contributed by atoms with Gasteiger partial charge in [-0.25, -0.2) is 0 Å². The Kier molecular flexibility index (Phi) is 5.12. The molecular weight excluding hydrogens is 374 g/mol. The van der Waals surface area contributed by atoms with Crippen LogP contribution in [0.3, 0.4) is 0 Å². The molecule has 0 radical (unpaired) electrons. The van der Waals surface area contributed by atoms with Crippen LogP contribution in [0.1, 0.15) is 23.6 Å². The number of aromatic nitrogens is 5. The molecule has 2 aromatic carbocycles. The maximum absolute atomic E-state index is 5.89. The van der Waals surface area contributed by atoms with E-state index in [1.807, 2.05) is 66.9 Å². The zero-order chi connectivity index (χ0) is 19.5. The number of rotatable bonds is 6. The first-order valence-electron chi connectivity index (χ1n) is 8.76. The summed E-state index contributed by atoms with van der Waals surface area (Å²) in [6, 6.07) is 15.7. The minimum atomic E-state index is -0.0932. The third-order valence-electron chi connectivity index (χ3n) is 4.23. The van der Waals surface area contributed by atoms with Gasteiger partial charge in [-0.1, -0.05) is 41.6 Å². The molecule has 4 rings (SSSR count). The van der Waals surface area contributed by atoms with Crippen molar-refractivity contribution < 1.29 is 9.15 Å². The van der Waals surface area contributed by atoms with Crippen molar-refractivity contribution in [1.29, 1.82) is 0 Å². The van der Waals surface area contributed by atoms with Crippen LogP contribution in [0.4, 0.5) is 0 Å². The molecule has 0 amide bonds. The first kappa shape index (κ1) is 18.2. The molecule has 0 N–H and O–H groups in total. The Morgan fingerprint density at radius 3 is 2.61 bits per heavy atom. The van der Waals surface area contributed by atoms with Crippen LogP contribution in [0.5, 0.6) is 5.75 Å². The molecule has 8 heteroatoms. The second-order valence-corrected chi connectivity index (χ2v) is 7.53. The van der Waals surface area contributed by atoms with E-state index in [2.05, 4.69) is 20.4 Å². The predicted octanol–water partition coefficient (Wildman–Crippen LogP) is 4.49. The van der Waals surface area contributed by atoms with Gasteiger partial charge in [-0.05, 0) is 38.1 Å². The van der Waals surface area contributed by atoms with E-state index < -0.39 is 0 Å². The standard InChI is InChI=1S/C20H19N5O2S/c1-13-8-10-15(11-9-13)19-23-22-18(27-19)14(2)28-20-24-21-12-25(20)16-6-4-5-7-17(16)26-3/h4-12,14H,1-3H3. The lowest BCUT2D eigenvalue weighted by Crippen LogP contribution is -2.00. The normalized spacial score (nSPS) is 12.1. The van der Waals surface area contributed by atoms with Crippen LogP contribution >= 0.6 is 11.8 Å². The first-order chi connectivity index (χ1) is 13.7. The van der Waals surface area contributed by atoms with Gasteiger partial charge in [-0.3, -0.25) is 4.57 Å². The second-order valence-electron chi connectivity index (χ2n) is 6.23. The SMILES string of the molecule is COc1ccccc1-n1cnnc1SC(C)c1nnc(-c2ccc(C)cc2)o1. The van der Waals surface area contributed by atoms with E-state index in [0.717, 1.165) is 17.0 Å². The maximum atomic E-state index is 5.89. The van der Waals surface area contributed by atoms with Gasteiger partial charge >= 0.3 is 0 Å². The molecule has 1 atom stereocenters. The van der Waals surface area contributed by atoms with E-state index in [1.165, 1.54) is 17.3 Å². The molecule has 28 heavy (non-hydrogen) atoms. The van der Waals surface area contributed by atoms with E-state index >= 15 is 0 Å². The fraction of sp³-hybridized carbons (Fsp3) is 0.200. The topological polar surface area (TPSA) is 78.9 Å². The van der Waals surface area contributed by atoms with Gasteiger partial charge < -0.3 is 9.15 Å². The van der Waals surface area contributed by atoms with Gasteiger partial charge in [0.1, 0.15) is 12.1 Å². The maximum Gasteiger partial charge on any atom is 0.247 e. The van der Waals surface area contributed by atoms with Gasteiger partial charge in [-0.2, -0.15) is 0 Å². The molecule has 0 aliphatic rings. The Morgan fingerprint density at radius 2 is 1.82 bits per heavy atom. The van der Waals surface area contributed by atoms with Crippen LogP contribution in [0.25, 0.3) is 17.1 Å². The van der Waals surface area contributed by atoms with Crippen molar-refractivity contribution in [3.05, 3.63) is 66.3 Å². The molecule has 2 heterocycles. The summed E-state index contributed by atoms with van der Waals surface area (Å²) in [5.74, 6) is 1.79. The van der Waals surface area contributed by atoms with Crippen molar-refractivity contribution in [2.45, 2.75) is 24.3 Å². The summed E-state index contributed by atoms with van der Waals surface area (Å²) in [4.78, 5) is 0. The van der Waals surface area contributed by atoms with E-state index in [0.29, 0.717) is 16.9 Å². The Bertz CT molecular complexity index is 1070. The minimum Gasteiger partial charge on any atom is -0.495 e. The first-order valence-corrected chi connectivity index (χ1v) is 9.64. The summed E-state index contributed by atoms with van der Waals surface area (Å²) in [5, 5.41) is 17.3. The molecule has 0 saturated heterocycles. The number of para-hydroxylation sites is 2. The van der Waals surface area contributed by atoms with Gasteiger partial charge in [-0.15, -0.1) is 20.4 Å². The molecule has 1 unspecified atom stereocenters. The van der Waals surface area contributed by atoms with Gasteiger partial charge in [0.15, 0.2) is 5.16 Å². The van der Waals surface area contributed by atoms with Crippen LogP contribution in [0.15, 0.2) is 64.4 Å². The molecule has 0 saturated carbocycles. The summed E-state index contributed by atoms with van der Waals surface area (Å²) in [5.41, 5.74) is 2.96. The van der Waals surface area contributed by atoms with Crippen LogP contribution in [0.2, 0.25) is 0 Å². The van der Waals surface area contributed by atoms with Crippen molar-refractivity contribution in [1.82, 2.24) is 25.0 Å². The highest BCUT2D eigenvalue weighted by Crippen LogP contribution is 2.36. The van der Waals surface area contributed by atoms with Gasteiger partial charge in [0.05, 0.1) is 18.0 Å². The average Bonchev–Trinajstić information content (AvgIpc) is 3.38. The number of hydrogen-bond donors (Lipinski definition) is 0. The summed E-state index contributed by atoms with van der Waals surface area (Å²) in [6.07, 6.45) is 1.67. The highest BCUT2D eigenvalue weighted by molar-refractivity contribution is 7.99. The van der Waals surface area contributed by atoms with E-state index in [4.69, 9.17) is 9.15 Å². The number of hydrogen-bond acceptors (Lipinski definition) is 7. The van der Waals surface area contributed by atoms with E-state index in [9.17, 15) is 0 Å². The summed E-state index contributed by atoms with van der Waals surface area (Å²) in [6.45, 7) is 4.04. The quantitative estimate of drug-likeness (QED) is 0.447. The number of benzene rings is 2. The number of aryl methyl sites for hydroxylation is 1. The van der Waals surface area contributed by atoms with Crippen LogP contribution in [-0.2, 0) is 0 Å². The van der Waals surface area contributed by atoms with E-state index in [1.54, 1.807) is 13.4 Å². The molecule has 0 fully saturated rings. The minimum absolute atomic E-state index is 0.0932. The Balaban J connectivity index is 1.56. The molecule has 0 aliphatic heterocycles. The highest BCUT2D eigenvalue weighted by Gasteiger charge is 2.20. The third kappa shape index (κ3) is 3.63. The molecule has 0 aliphatic carbocycles. The summed E-state index contributed by atoms with van der Waals surface area (Å²) < 4.78 is 13.2. The molecule has 142 valence electrons. The van der Waals surface area contributed by atoms with Crippen LogP contribution in [-0.4, -0.2) is 32.1 Å².